The molecule has 136 valence electrons. The Bertz CT molecular complexity index is 927. The molecular formula is C24H22O3. The molecule has 0 bridgehead atoms. The van der Waals surface area contributed by atoms with Gasteiger partial charge in [0.25, 0.3) is 0 Å². The summed E-state index contributed by atoms with van der Waals surface area (Å²) >= 11 is 0. The minimum absolute atomic E-state index is 0.0160. The fourth-order valence-corrected chi connectivity index (χ4v) is 3.10. The van der Waals surface area contributed by atoms with Crippen LogP contribution in [0.25, 0.3) is 11.1 Å². The molecule has 0 aliphatic rings. The quantitative estimate of drug-likeness (QED) is 0.611. The maximum atomic E-state index is 12.6. The first-order valence-corrected chi connectivity index (χ1v) is 9.01. The Balaban J connectivity index is 1.71. The summed E-state index contributed by atoms with van der Waals surface area (Å²) in [6, 6.07) is 24.8. The van der Waals surface area contributed by atoms with Crippen LogP contribution in [-0.4, -0.2) is 23.3 Å². The third-order valence-electron chi connectivity index (χ3n) is 4.73. The Morgan fingerprint density at radius 3 is 2.11 bits per heavy atom. The first kappa shape index (κ1) is 18.7. The molecule has 3 rings (SSSR count). The first-order valence-electron chi connectivity index (χ1n) is 9.01. The third-order valence-corrected chi connectivity index (χ3v) is 4.73. The number of aliphatic hydroxyl groups excluding tert-OH is 1. The number of Topliss-reactive ketones (excluding diaryl/α,β-unsaturated/α-hetero) is 2. The summed E-state index contributed by atoms with van der Waals surface area (Å²) < 4.78 is 0. The van der Waals surface area contributed by atoms with Gasteiger partial charge in [0.2, 0.25) is 0 Å². The van der Waals surface area contributed by atoms with Gasteiger partial charge in [0.15, 0.2) is 11.6 Å². The van der Waals surface area contributed by atoms with Crippen molar-refractivity contribution in [3.05, 3.63) is 95.6 Å². The lowest BCUT2D eigenvalue weighted by Gasteiger charge is -2.12. The van der Waals surface area contributed by atoms with E-state index in [1.807, 2.05) is 67.6 Å². The van der Waals surface area contributed by atoms with Crippen LogP contribution >= 0.6 is 0 Å². The van der Waals surface area contributed by atoms with Gasteiger partial charge in [-0.1, -0.05) is 79.7 Å². The van der Waals surface area contributed by atoms with Crippen LogP contribution in [0.4, 0.5) is 0 Å². The molecule has 27 heavy (non-hydrogen) atoms. The zero-order valence-corrected chi connectivity index (χ0v) is 15.3. The lowest BCUT2D eigenvalue weighted by atomic mass is 9.91. The SMILES string of the molecule is C[C@@H](CC(=O)c1ccc(-c2ccccc2)cc1)c1cccc(C(=O)CO)c1. The van der Waals surface area contributed by atoms with E-state index >= 15 is 0 Å². The van der Waals surface area contributed by atoms with Crippen molar-refractivity contribution in [2.45, 2.75) is 19.3 Å². The highest BCUT2D eigenvalue weighted by Gasteiger charge is 2.15. The summed E-state index contributed by atoms with van der Waals surface area (Å²) in [6.07, 6.45) is 0.363. The predicted molar refractivity (Wildman–Crippen MR) is 107 cm³/mol. The lowest BCUT2D eigenvalue weighted by Crippen LogP contribution is -2.08. The fourth-order valence-electron chi connectivity index (χ4n) is 3.10. The second-order valence-corrected chi connectivity index (χ2v) is 6.68. The Kier molecular flexibility index (Phi) is 5.94. The van der Waals surface area contributed by atoms with Crippen LogP contribution in [0.5, 0.6) is 0 Å². The summed E-state index contributed by atoms with van der Waals surface area (Å²) in [6.45, 7) is 1.46. The van der Waals surface area contributed by atoms with E-state index in [-0.39, 0.29) is 17.5 Å². The van der Waals surface area contributed by atoms with E-state index in [1.54, 1.807) is 18.2 Å². The minimum Gasteiger partial charge on any atom is -0.388 e. The number of hydrogen-bond donors (Lipinski definition) is 1. The summed E-state index contributed by atoms with van der Waals surface area (Å²) in [7, 11) is 0. The van der Waals surface area contributed by atoms with Crippen molar-refractivity contribution in [1.82, 2.24) is 0 Å². The summed E-state index contributed by atoms with van der Waals surface area (Å²) in [4.78, 5) is 24.3. The molecule has 0 aliphatic heterocycles. The van der Waals surface area contributed by atoms with Crippen molar-refractivity contribution in [2.24, 2.45) is 0 Å². The van der Waals surface area contributed by atoms with Crippen LogP contribution in [-0.2, 0) is 0 Å². The van der Waals surface area contributed by atoms with E-state index < -0.39 is 6.61 Å². The van der Waals surface area contributed by atoms with Crippen molar-refractivity contribution in [2.75, 3.05) is 6.61 Å². The molecule has 3 nitrogen and oxygen atoms in total. The summed E-state index contributed by atoms with van der Waals surface area (Å²) in [5.74, 6) is -0.259. The Morgan fingerprint density at radius 1 is 0.778 bits per heavy atom. The molecule has 0 heterocycles. The van der Waals surface area contributed by atoms with Crippen LogP contribution in [0.2, 0.25) is 0 Å². The maximum absolute atomic E-state index is 12.6. The molecule has 0 unspecified atom stereocenters. The number of hydrogen-bond acceptors (Lipinski definition) is 3. The van der Waals surface area contributed by atoms with Crippen molar-refractivity contribution < 1.29 is 14.7 Å². The zero-order chi connectivity index (χ0) is 19.2. The third kappa shape index (κ3) is 4.57. The van der Waals surface area contributed by atoms with E-state index in [1.165, 1.54) is 0 Å². The molecule has 0 saturated heterocycles. The van der Waals surface area contributed by atoms with Gasteiger partial charge in [0, 0.05) is 17.5 Å². The molecule has 1 atom stereocenters. The Labute approximate surface area is 159 Å². The minimum atomic E-state index is -0.509. The summed E-state index contributed by atoms with van der Waals surface area (Å²) in [5, 5.41) is 9.01. The second kappa shape index (κ2) is 8.56. The van der Waals surface area contributed by atoms with E-state index in [9.17, 15) is 9.59 Å². The van der Waals surface area contributed by atoms with E-state index in [0.717, 1.165) is 16.7 Å². The molecule has 3 aromatic rings. The van der Waals surface area contributed by atoms with Crippen LogP contribution < -0.4 is 0 Å². The van der Waals surface area contributed by atoms with Gasteiger partial charge in [0.1, 0.15) is 6.61 Å². The van der Waals surface area contributed by atoms with Gasteiger partial charge in [-0.15, -0.1) is 0 Å². The topological polar surface area (TPSA) is 54.4 Å². The van der Waals surface area contributed by atoms with Crippen LogP contribution in [0.15, 0.2) is 78.9 Å². The standard InChI is InChI=1S/C24H22O3/c1-17(21-8-5-9-22(15-21)24(27)16-25)14-23(26)20-12-10-19(11-13-20)18-6-3-2-4-7-18/h2-13,15,17,25H,14,16H2,1H3/t17-/m0/s1. The van der Waals surface area contributed by atoms with Crippen LogP contribution in [0.3, 0.4) is 0 Å². The molecule has 0 aromatic heterocycles. The number of ketones is 2. The predicted octanol–water partition coefficient (Wildman–Crippen LogP) is 4.91. The van der Waals surface area contributed by atoms with Gasteiger partial charge in [0.05, 0.1) is 0 Å². The van der Waals surface area contributed by atoms with Crippen molar-refractivity contribution in [3.8, 4) is 11.1 Å². The zero-order valence-electron chi connectivity index (χ0n) is 15.3. The number of rotatable bonds is 7. The molecule has 3 heteroatoms. The normalized spacial score (nSPS) is 11.8. The average Bonchev–Trinajstić information content (AvgIpc) is 2.74. The second-order valence-electron chi connectivity index (χ2n) is 6.68. The average molecular weight is 358 g/mol. The van der Waals surface area contributed by atoms with Crippen LogP contribution in [0.1, 0.15) is 45.5 Å². The molecule has 0 radical (unpaired) electrons. The molecule has 0 saturated carbocycles. The number of benzene rings is 3. The van der Waals surface area contributed by atoms with E-state index in [2.05, 4.69) is 0 Å². The first-order chi connectivity index (χ1) is 13.1. The van der Waals surface area contributed by atoms with Crippen molar-refractivity contribution >= 4 is 11.6 Å². The molecule has 0 aliphatic carbocycles. The van der Waals surface area contributed by atoms with Gasteiger partial charge in [-0.3, -0.25) is 9.59 Å². The molecule has 1 N–H and O–H groups in total. The monoisotopic (exact) mass is 358 g/mol. The number of carbonyl (C=O) groups excluding carboxylic acids is 2. The lowest BCUT2D eigenvalue weighted by molar-refractivity contribution is 0.0903. The molecule has 0 amide bonds. The van der Waals surface area contributed by atoms with Crippen LogP contribution in [0, 0.1) is 0 Å². The van der Waals surface area contributed by atoms with Crippen molar-refractivity contribution in [3.63, 3.8) is 0 Å². The maximum Gasteiger partial charge on any atom is 0.188 e. The van der Waals surface area contributed by atoms with Crippen molar-refractivity contribution in [1.29, 1.82) is 0 Å². The Hall–Kier alpha value is -3.04. The van der Waals surface area contributed by atoms with E-state index in [4.69, 9.17) is 5.11 Å². The highest BCUT2D eigenvalue weighted by atomic mass is 16.3. The molecule has 0 fully saturated rings. The number of carbonyl (C=O) groups is 2. The largest absolute Gasteiger partial charge is 0.388 e. The van der Waals surface area contributed by atoms with Gasteiger partial charge in [-0.05, 0) is 28.7 Å². The molecule has 3 aromatic carbocycles. The highest BCUT2D eigenvalue weighted by Crippen LogP contribution is 2.24. The number of aliphatic hydroxyl groups is 1. The van der Waals surface area contributed by atoms with Gasteiger partial charge in [-0.25, -0.2) is 0 Å². The smallest absolute Gasteiger partial charge is 0.188 e. The Morgan fingerprint density at radius 2 is 1.44 bits per heavy atom. The highest BCUT2D eigenvalue weighted by molar-refractivity contribution is 5.98. The van der Waals surface area contributed by atoms with Gasteiger partial charge < -0.3 is 5.11 Å². The van der Waals surface area contributed by atoms with E-state index in [0.29, 0.717) is 17.5 Å². The summed E-state index contributed by atoms with van der Waals surface area (Å²) in [5.41, 5.74) is 4.28. The molecule has 0 spiro atoms. The van der Waals surface area contributed by atoms with Gasteiger partial charge >= 0.3 is 0 Å². The fraction of sp³-hybridized carbons (Fsp3) is 0.167. The van der Waals surface area contributed by atoms with Gasteiger partial charge in [-0.2, -0.15) is 0 Å². The molecular weight excluding hydrogens is 336 g/mol.